The SMILES string of the molecule is COc1ccc(C)c(C2(O)CNC2)c1. The second-order valence-corrected chi connectivity index (χ2v) is 3.82. The van der Waals surface area contributed by atoms with Gasteiger partial charge in [-0.2, -0.15) is 0 Å². The predicted octanol–water partition coefficient (Wildman–Crippen LogP) is 0.794. The van der Waals surface area contributed by atoms with Gasteiger partial charge in [-0.1, -0.05) is 6.07 Å². The molecular formula is C11H15NO2. The third-order valence-corrected chi connectivity index (χ3v) is 2.78. The molecular weight excluding hydrogens is 178 g/mol. The number of hydrogen-bond acceptors (Lipinski definition) is 3. The van der Waals surface area contributed by atoms with Gasteiger partial charge in [0.1, 0.15) is 11.4 Å². The molecule has 0 radical (unpaired) electrons. The van der Waals surface area contributed by atoms with Crippen molar-refractivity contribution >= 4 is 0 Å². The van der Waals surface area contributed by atoms with Gasteiger partial charge in [0.05, 0.1) is 7.11 Å². The summed E-state index contributed by atoms with van der Waals surface area (Å²) in [6.07, 6.45) is 0. The van der Waals surface area contributed by atoms with Crippen molar-refractivity contribution in [2.45, 2.75) is 12.5 Å². The maximum atomic E-state index is 10.2. The van der Waals surface area contributed by atoms with Crippen LogP contribution >= 0.6 is 0 Å². The van der Waals surface area contributed by atoms with E-state index in [0.29, 0.717) is 13.1 Å². The molecule has 1 aliphatic rings. The molecule has 1 aliphatic heterocycles. The Morgan fingerprint density at radius 3 is 2.64 bits per heavy atom. The number of ether oxygens (including phenoxy) is 1. The van der Waals surface area contributed by atoms with E-state index in [2.05, 4.69) is 5.32 Å². The minimum absolute atomic E-state index is 0.626. The van der Waals surface area contributed by atoms with Crippen LogP contribution in [0.1, 0.15) is 11.1 Å². The summed E-state index contributed by atoms with van der Waals surface area (Å²) in [5.41, 5.74) is 1.38. The lowest BCUT2D eigenvalue weighted by Gasteiger charge is -2.39. The van der Waals surface area contributed by atoms with Crippen molar-refractivity contribution in [1.29, 1.82) is 0 Å². The molecule has 1 aromatic carbocycles. The second kappa shape index (κ2) is 3.26. The van der Waals surface area contributed by atoms with Gasteiger partial charge in [0, 0.05) is 13.1 Å². The fourth-order valence-electron chi connectivity index (χ4n) is 1.78. The van der Waals surface area contributed by atoms with Crippen molar-refractivity contribution in [1.82, 2.24) is 5.32 Å². The monoisotopic (exact) mass is 193 g/mol. The number of benzene rings is 1. The highest BCUT2D eigenvalue weighted by Gasteiger charge is 2.37. The summed E-state index contributed by atoms with van der Waals surface area (Å²) >= 11 is 0. The van der Waals surface area contributed by atoms with E-state index < -0.39 is 5.60 Å². The van der Waals surface area contributed by atoms with Crippen LogP contribution in [0.4, 0.5) is 0 Å². The predicted molar refractivity (Wildman–Crippen MR) is 54.5 cm³/mol. The number of methoxy groups -OCH3 is 1. The lowest BCUT2D eigenvalue weighted by molar-refractivity contribution is -0.0153. The smallest absolute Gasteiger partial charge is 0.119 e. The zero-order chi connectivity index (χ0) is 10.2. The zero-order valence-corrected chi connectivity index (χ0v) is 8.50. The molecule has 0 aliphatic carbocycles. The summed E-state index contributed by atoms with van der Waals surface area (Å²) in [6, 6.07) is 5.80. The fourth-order valence-corrected chi connectivity index (χ4v) is 1.78. The molecule has 0 aromatic heterocycles. The largest absolute Gasteiger partial charge is 0.497 e. The Kier molecular flexibility index (Phi) is 2.21. The Bertz CT molecular complexity index is 345. The lowest BCUT2D eigenvalue weighted by atomic mass is 9.85. The van der Waals surface area contributed by atoms with Gasteiger partial charge >= 0.3 is 0 Å². The van der Waals surface area contributed by atoms with E-state index >= 15 is 0 Å². The minimum Gasteiger partial charge on any atom is -0.497 e. The first-order chi connectivity index (χ1) is 6.65. The van der Waals surface area contributed by atoms with E-state index in [9.17, 15) is 5.11 Å². The van der Waals surface area contributed by atoms with E-state index in [1.807, 2.05) is 25.1 Å². The highest BCUT2D eigenvalue weighted by atomic mass is 16.5. The summed E-state index contributed by atoms with van der Waals surface area (Å²) in [5.74, 6) is 0.797. The summed E-state index contributed by atoms with van der Waals surface area (Å²) in [6.45, 7) is 3.26. The maximum absolute atomic E-state index is 10.2. The molecule has 1 aromatic rings. The zero-order valence-electron chi connectivity index (χ0n) is 8.50. The Labute approximate surface area is 83.7 Å². The highest BCUT2D eigenvalue weighted by Crippen LogP contribution is 2.30. The van der Waals surface area contributed by atoms with Crippen molar-refractivity contribution in [2.24, 2.45) is 0 Å². The van der Waals surface area contributed by atoms with E-state index in [-0.39, 0.29) is 0 Å². The third kappa shape index (κ3) is 1.38. The van der Waals surface area contributed by atoms with Crippen molar-refractivity contribution in [3.63, 3.8) is 0 Å². The van der Waals surface area contributed by atoms with Gasteiger partial charge in [0.2, 0.25) is 0 Å². The Morgan fingerprint density at radius 1 is 1.43 bits per heavy atom. The molecule has 0 unspecified atom stereocenters. The number of rotatable bonds is 2. The summed E-state index contributed by atoms with van der Waals surface area (Å²) in [7, 11) is 1.64. The van der Waals surface area contributed by atoms with Gasteiger partial charge in [0.25, 0.3) is 0 Å². The van der Waals surface area contributed by atoms with Gasteiger partial charge < -0.3 is 15.2 Å². The molecule has 76 valence electrons. The van der Waals surface area contributed by atoms with Crippen molar-refractivity contribution in [3.05, 3.63) is 29.3 Å². The van der Waals surface area contributed by atoms with Gasteiger partial charge in [-0.15, -0.1) is 0 Å². The van der Waals surface area contributed by atoms with Crippen LogP contribution in [-0.4, -0.2) is 25.3 Å². The minimum atomic E-state index is -0.696. The molecule has 2 rings (SSSR count). The van der Waals surface area contributed by atoms with E-state index in [4.69, 9.17) is 4.74 Å². The molecule has 0 saturated carbocycles. The standard InChI is InChI=1S/C11H15NO2/c1-8-3-4-9(14-2)5-10(8)11(13)6-12-7-11/h3-5,12-13H,6-7H2,1-2H3. The van der Waals surface area contributed by atoms with Gasteiger partial charge in [-0.05, 0) is 30.2 Å². The second-order valence-electron chi connectivity index (χ2n) is 3.82. The Balaban J connectivity index is 2.40. The van der Waals surface area contributed by atoms with E-state index in [1.165, 1.54) is 0 Å². The molecule has 0 atom stereocenters. The molecule has 1 heterocycles. The average Bonchev–Trinajstić information content (AvgIpc) is 2.15. The number of β-amino-alcohol motifs (C(OH)–C–C–N with tert-alkyl or cyclic N) is 1. The van der Waals surface area contributed by atoms with E-state index in [1.54, 1.807) is 7.11 Å². The highest BCUT2D eigenvalue weighted by molar-refractivity contribution is 5.40. The molecule has 3 heteroatoms. The number of aryl methyl sites for hydroxylation is 1. The molecule has 3 nitrogen and oxygen atoms in total. The van der Waals surface area contributed by atoms with Crippen molar-refractivity contribution < 1.29 is 9.84 Å². The van der Waals surface area contributed by atoms with E-state index in [0.717, 1.165) is 16.9 Å². The van der Waals surface area contributed by atoms with Gasteiger partial charge in [0.15, 0.2) is 0 Å². The van der Waals surface area contributed by atoms with Crippen LogP contribution in [0.3, 0.4) is 0 Å². The molecule has 1 saturated heterocycles. The fraction of sp³-hybridized carbons (Fsp3) is 0.455. The van der Waals surface area contributed by atoms with Crippen LogP contribution in [0.5, 0.6) is 5.75 Å². The Hall–Kier alpha value is -1.06. The first-order valence-electron chi connectivity index (χ1n) is 4.74. The van der Waals surface area contributed by atoms with Crippen LogP contribution in [0.15, 0.2) is 18.2 Å². The van der Waals surface area contributed by atoms with Crippen LogP contribution in [0.25, 0.3) is 0 Å². The van der Waals surface area contributed by atoms with Crippen molar-refractivity contribution in [2.75, 3.05) is 20.2 Å². The van der Waals surface area contributed by atoms with Gasteiger partial charge in [-0.25, -0.2) is 0 Å². The van der Waals surface area contributed by atoms with Gasteiger partial charge in [-0.3, -0.25) is 0 Å². The van der Waals surface area contributed by atoms with Crippen LogP contribution in [0, 0.1) is 6.92 Å². The summed E-state index contributed by atoms with van der Waals surface area (Å²) in [4.78, 5) is 0. The molecule has 0 spiro atoms. The number of hydrogen-bond donors (Lipinski definition) is 2. The Morgan fingerprint density at radius 2 is 2.14 bits per heavy atom. The first-order valence-corrected chi connectivity index (χ1v) is 4.74. The molecule has 0 amide bonds. The molecule has 2 N–H and O–H groups in total. The van der Waals surface area contributed by atoms with Crippen LogP contribution < -0.4 is 10.1 Å². The van der Waals surface area contributed by atoms with Crippen molar-refractivity contribution in [3.8, 4) is 5.75 Å². The number of nitrogens with one attached hydrogen (secondary N) is 1. The summed E-state index contributed by atoms with van der Waals surface area (Å²) in [5, 5.41) is 13.2. The third-order valence-electron chi connectivity index (χ3n) is 2.78. The van der Waals surface area contributed by atoms with Crippen LogP contribution in [-0.2, 0) is 5.60 Å². The van der Waals surface area contributed by atoms with Crippen LogP contribution in [0.2, 0.25) is 0 Å². The molecule has 0 bridgehead atoms. The molecule has 14 heavy (non-hydrogen) atoms. The lowest BCUT2D eigenvalue weighted by Crippen LogP contribution is -2.57. The quantitative estimate of drug-likeness (QED) is 0.729. The normalized spacial score (nSPS) is 18.8. The number of aliphatic hydroxyl groups is 1. The summed E-state index contributed by atoms with van der Waals surface area (Å²) < 4.78 is 5.14. The average molecular weight is 193 g/mol. The first kappa shape index (κ1) is 9.49. The molecule has 1 fully saturated rings. The topological polar surface area (TPSA) is 41.5 Å². The maximum Gasteiger partial charge on any atom is 0.119 e.